The first kappa shape index (κ1) is 17.0. The van der Waals surface area contributed by atoms with Crippen LogP contribution in [0.4, 0.5) is 11.4 Å². The molecule has 0 bridgehead atoms. The Morgan fingerprint density at radius 3 is 2.04 bits per heavy atom. The highest BCUT2D eigenvalue weighted by molar-refractivity contribution is 6.04. The number of hydrogen-bond donors (Lipinski definition) is 2. The quantitative estimate of drug-likeness (QED) is 0.863. The third-order valence-electron chi connectivity index (χ3n) is 4.49. The normalized spacial score (nSPS) is 14.1. The van der Waals surface area contributed by atoms with E-state index in [2.05, 4.69) is 10.6 Å². The molecule has 0 radical (unpaired) electrons. The average molecular weight is 338 g/mol. The maximum absolute atomic E-state index is 12.3. The summed E-state index contributed by atoms with van der Waals surface area (Å²) in [5.41, 5.74) is 1.96. The van der Waals surface area contributed by atoms with Crippen LogP contribution < -0.4 is 15.4 Å². The highest BCUT2D eigenvalue weighted by Gasteiger charge is 2.22. The van der Waals surface area contributed by atoms with E-state index in [0.29, 0.717) is 11.3 Å². The zero-order valence-electron chi connectivity index (χ0n) is 14.2. The van der Waals surface area contributed by atoms with Gasteiger partial charge in [-0.15, -0.1) is 0 Å². The maximum Gasteiger partial charge on any atom is 0.255 e. The van der Waals surface area contributed by atoms with E-state index in [0.717, 1.165) is 37.1 Å². The molecule has 5 nitrogen and oxygen atoms in total. The molecule has 0 heterocycles. The first-order chi connectivity index (χ1) is 12.2. The van der Waals surface area contributed by atoms with E-state index >= 15 is 0 Å². The highest BCUT2D eigenvalue weighted by Crippen LogP contribution is 2.26. The first-order valence-electron chi connectivity index (χ1n) is 8.52. The summed E-state index contributed by atoms with van der Waals surface area (Å²) < 4.78 is 5.09. The van der Waals surface area contributed by atoms with Crippen LogP contribution in [0.25, 0.3) is 0 Å². The first-order valence-corrected chi connectivity index (χ1v) is 8.52. The Balaban J connectivity index is 1.58. The van der Waals surface area contributed by atoms with Crippen molar-refractivity contribution >= 4 is 23.2 Å². The van der Waals surface area contributed by atoms with Crippen LogP contribution in [0, 0.1) is 5.92 Å². The van der Waals surface area contributed by atoms with Crippen LogP contribution >= 0.6 is 0 Å². The molecule has 0 spiro atoms. The van der Waals surface area contributed by atoms with Gasteiger partial charge in [0.25, 0.3) is 5.91 Å². The van der Waals surface area contributed by atoms with Crippen molar-refractivity contribution in [1.82, 2.24) is 0 Å². The van der Waals surface area contributed by atoms with Gasteiger partial charge in [-0.05, 0) is 61.4 Å². The number of anilines is 2. The lowest BCUT2D eigenvalue weighted by Crippen LogP contribution is -2.20. The van der Waals surface area contributed by atoms with Crippen LogP contribution in [0.3, 0.4) is 0 Å². The molecule has 1 aliphatic carbocycles. The van der Waals surface area contributed by atoms with E-state index in [1.165, 1.54) is 0 Å². The molecule has 0 aromatic heterocycles. The van der Waals surface area contributed by atoms with Crippen molar-refractivity contribution in [1.29, 1.82) is 0 Å². The van der Waals surface area contributed by atoms with Gasteiger partial charge in [-0.1, -0.05) is 12.8 Å². The molecule has 0 atom stereocenters. The van der Waals surface area contributed by atoms with E-state index in [1.807, 2.05) is 0 Å². The summed E-state index contributed by atoms with van der Waals surface area (Å²) in [6, 6.07) is 14.1. The number of hydrogen-bond acceptors (Lipinski definition) is 3. The standard InChI is InChI=1S/C20H22N2O3/c1-25-18-12-10-17(11-13-18)22-20(24)15-6-8-16(9-7-15)21-19(23)14-4-2-3-5-14/h6-14H,2-5H2,1H3,(H,21,23)(H,22,24). The second-order valence-electron chi connectivity index (χ2n) is 6.23. The molecule has 2 aromatic rings. The molecule has 2 amide bonds. The number of carbonyl (C=O) groups excluding carboxylic acids is 2. The van der Waals surface area contributed by atoms with Gasteiger partial charge in [0.05, 0.1) is 7.11 Å². The van der Waals surface area contributed by atoms with Crippen molar-refractivity contribution in [2.45, 2.75) is 25.7 Å². The molecule has 5 heteroatoms. The fraction of sp³-hybridized carbons (Fsp3) is 0.300. The van der Waals surface area contributed by atoms with Crippen molar-refractivity contribution in [2.24, 2.45) is 5.92 Å². The van der Waals surface area contributed by atoms with E-state index < -0.39 is 0 Å². The summed E-state index contributed by atoms with van der Waals surface area (Å²) in [4.78, 5) is 24.4. The Morgan fingerprint density at radius 2 is 1.44 bits per heavy atom. The number of benzene rings is 2. The Hall–Kier alpha value is -2.82. The molecule has 1 aliphatic rings. The van der Waals surface area contributed by atoms with E-state index in [-0.39, 0.29) is 17.7 Å². The smallest absolute Gasteiger partial charge is 0.255 e. The van der Waals surface area contributed by atoms with Crippen molar-refractivity contribution in [3.8, 4) is 5.75 Å². The zero-order valence-corrected chi connectivity index (χ0v) is 14.2. The van der Waals surface area contributed by atoms with Crippen LogP contribution in [0.2, 0.25) is 0 Å². The lowest BCUT2D eigenvalue weighted by molar-refractivity contribution is -0.119. The molecular formula is C20H22N2O3. The topological polar surface area (TPSA) is 67.4 Å². The molecule has 3 rings (SSSR count). The van der Waals surface area contributed by atoms with Gasteiger partial charge in [-0.2, -0.15) is 0 Å². The number of carbonyl (C=O) groups is 2. The predicted molar refractivity (Wildman–Crippen MR) is 98.0 cm³/mol. The van der Waals surface area contributed by atoms with Crippen LogP contribution in [-0.4, -0.2) is 18.9 Å². The minimum atomic E-state index is -0.196. The van der Waals surface area contributed by atoms with Crippen LogP contribution in [-0.2, 0) is 4.79 Å². The molecule has 25 heavy (non-hydrogen) atoms. The van der Waals surface area contributed by atoms with Gasteiger partial charge in [0.1, 0.15) is 5.75 Å². The number of ether oxygens (including phenoxy) is 1. The summed E-state index contributed by atoms with van der Waals surface area (Å²) in [5.74, 6) is 0.741. The van der Waals surface area contributed by atoms with Crippen molar-refractivity contribution in [3.05, 3.63) is 54.1 Å². The molecule has 2 N–H and O–H groups in total. The minimum Gasteiger partial charge on any atom is -0.497 e. The SMILES string of the molecule is COc1ccc(NC(=O)c2ccc(NC(=O)C3CCCC3)cc2)cc1. The Morgan fingerprint density at radius 1 is 0.880 bits per heavy atom. The van der Waals surface area contributed by atoms with Gasteiger partial charge in [0.2, 0.25) is 5.91 Å². The molecule has 0 aliphatic heterocycles. The number of nitrogens with one attached hydrogen (secondary N) is 2. The fourth-order valence-electron chi connectivity index (χ4n) is 3.01. The third kappa shape index (κ3) is 4.38. The summed E-state index contributed by atoms with van der Waals surface area (Å²) >= 11 is 0. The van der Waals surface area contributed by atoms with E-state index in [1.54, 1.807) is 55.6 Å². The third-order valence-corrected chi connectivity index (χ3v) is 4.49. The Labute approximate surface area is 147 Å². The molecular weight excluding hydrogens is 316 g/mol. The van der Waals surface area contributed by atoms with Gasteiger partial charge in [0, 0.05) is 22.9 Å². The van der Waals surface area contributed by atoms with Crippen LogP contribution in [0.1, 0.15) is 36.0 Å². The monoisotopic (exact) mass is 338 g/mol. The Kier molecular flexibility index (Phi) is 5.33. The summed E-state index contributed by atoms with van der Waals surface area (Å²) in [6.45, 7) is 0. The van der Waals surface area contributed by atoms with Crippen molar-refractivity contribution < 1.29 is 14.3 Å². The van der Waals surface area contributed by atoms with Crippen LogP contribution in [0.5, 0.6) is 5.75 Å². The lowest BCUT2D eigenvalue weighted by Gasteiger charge is -2.11. The van der Waals surface area contributed by atoms with Gasteiger partial charge in [0.15, 0.2) is 0 Å². The maximum atomic E-state index is 12.3. The summed E-state index contributed by atoms with van der Waals surface area (Å²) in [6.07, 6.45) is 4.19. The fourth-order valence-corrected chi connectivity index (χ4v) is 3.01. The van der Waals surface area contributed by atoms with Gasteiger partial charge in [-0.25, -0.2) is 0 Å². The minimum absolute atomic E-state index is 0.0768. The molecule has 1 saturated carbocycles. The predicted octanol–water partition coefficient (Wildman–Crippen LogP) is 4.08. The molecule has 0 unspecified atom stereocenters. The number of amides is 2. The van der Waals surface area contributed by atoms with E-state index in [4.69, 9.17) is 4.74 Å². The number of rotatable bonds is 5. The largest absolute Gasteiger partial charge is 0.497 e. The van der Waals surface area contributed by atoms with Crippen molar-refractivity contribution in [3.63, 3.8) is 0 Å². The van der Waals surface area contributed by atoms with E-state index in [9.17, 15) is 9.59 Å². The highest BCUT2D eigenvalue weighted by atomic mass is 16.5. The summed E-state index contributed by atoms with van der Waals surface area (Å²) in [5, 5.41) is 5.76. The molecule has 0 saturated heterocycles. The molecule has 2 aromatic carbocycles. The average Bonchev–Trinajstić information content (AvgIpc) is 3.18. The summed E-state index contributed by atoms with van der Waals surface area (Å²) in [7, 11) is 1.60. The van der Waals surface area contributed by atoms with Gasteiger partial charge in [-0.3, -0.25) is 9.59 Å². The number of methoxy groups -OCH3 is 1. The van der Waals surface area contributed by atoms with Gasteiger partial charge < -0.3 is 15.4 Å². The zero-order chi connectivity index (χ0) is 17.6. The lowest BCUT2D eigenvalue weighted by atomic mass is 10.1. The molecule has 1 fully saturated rings. The second-order valence-corrected chi connectivity index (χ2v) is 6.23. The van der Waals surface area contributed by atoms with Crippen molar-refractivity contribution in [2.75, 3.05) is 17.7 Å². The molecule has 130 valence electrons. The Bertz CT molecular complexity index is 733. The van der Waals surface area contributed by atoms with Crippen LogP contribution in [0.15, 0.2) is 48.5 Å². The van der Waals surface area contributed by atoms with Gasteiger partial charge >= 0.3 is 0 Å². The second kappa shape index (κ2) is 7.83.